The molecular formula is C20H22. The molecule has 0 aliphatic rings. The molecule has 0 aromatic heterocycles. The molecule has 0 amide bonds. The van der Waals surface area contributed by atoms with Crippen LogP contribution in [0.3, 0.4) is 0 Å². The van der Waals surface area contributed by atoms with E-state index in [1.165, 1.54) is 36.0 Å². The van der Waals surface area contributed by atoms with E-state index in [0.29, 0.717) is 0 Å². The van der Waals surface area contributed by atoms with Gasteiger partial charge in [-0.25, -0.2) is 0 Å². The lowest BCUT2D eigenvalue weighted by Gasteiger charge is -2.03. The molecule has 0 radical (unpaired) electrons. The van der Waals surface area contributed by atoms with E-state index < -0.39 is 0 Å². The molecule has 0 aliphatic carbocycles. The van der Waals surface area contributed by atoms with Gasteiger partial charge >= 0.3 is 0 Å². The summed E-state index contributed by atoms with van der Waals surface area (Å²) in [6.07, 6.45) is 10.0. The van der Waals surface area contributed by atoms with E-state index in [9.17, 15) is 0 Å². The van der Waals surface area contributed by atoms with E-state index in [1.54, 1.807) is 0 Å². The standard InChI is InChI=1S/C20H22/c1-3-5-6-7-8-18-11-15-20(16-12-18)19-13-9-17(4-2)10-14-19/h4,7-16H,2-3,5-6H2,1H3/b8-7-. The van der Waals surface area contributed by atoms with Crippen LogP contribution in [0.15, 0.2) is 61.2 Å². The minimum absolute atomic E-state index is 1.16. The zero-order chi connectivity index (χ0) is 14.2. The van der Waals surface area contributed by atoms with Gasteiger partial charge < -0.3 is 0 Å². The first-order chi connectivity index (χ1) is 9.83. The van der Waals surface area contributed by atoms with Crippen molar-refractivity contribution >= 4 is 12.2 Å². The average molecular weight is 262 g/mol. The Bertz CT molecular complexity index is 556. The summed E-state index contributed by atoms with van der Waals surface area (Å²) < 4.78 is 0. The average Bonchev–Trinajstić information content (AvgIpc) is 2.52. The van der Waals surface area contributed by atoms with Crippen LogP contribution in [0.5, 0.6) is 0 Å². The summed E-state index contributed by atoms with van der Waals surface area (Å²) in [5.74, 6) is 0. The van der Waals surface area contributed by atoms with Crippen molar-refractivity contribution in [3.8, 4) is 11.1 Å². The third-order valence-electron chi connectivity index (χ3n) is 3.43. The summed E-state index contributed by atoms with van der Waals surface area (Å²) in [7, 11) is 0. The SMILES string of the molecule is C=Cc1ccc(-c2ccc(/C=C\CCCC)cc2)cc1. The largest absolute Gasteiger partial charge is 0.0985 e. The van der Waals surface area contributed by atoms with E-state index in [2.05, 4.69) is 74.2 Å². The Morgan fingerprint density at radius 1 is 0.850 bits per heavy atom. The summed E-state index contributed by atoms with van der Waals surface area (Å²) in [5.41, 5.74) is 4.93. The summed E-state index contributed by atoms with van der Waals surface area (Å²) in [6.45, 7) is 6.00. The number of hydrogen-bond acceptors (Lipinski definition) is 0. The fraction of sp³-hybridized carbons (Fsp3) is 0.200. The fourth-order valence-electron chi connectivity index (χ4n) is 2.14. The van der Waals surface area contributed by atoms with Gasteiger partial charge in [-0.3, -0.25) is 0 Å². The van der Waals surface area contributed by atoms with Crippen LogP contribution < -0.4 is 0 Å². The van der Waals surface area contributed by atoms with Crippen LogP contribution in [0.2, 0.25) is 0 Å². The molecule has 0 fully saturated rings. The van der Waals surface area contributed by atoms with Crippen molar-refractivity contribution in [2.75, 3.05) is 0 Å². The van der Waals surface area contributed by atoms with Crippen molar-refractivity contribution < 1.29 is 0 Å². The summed E-state index contributed by atoms with van der Waals surface area (Å²) in [5, 5.41) is 0. The molecule has 2 aromatic rings. The normalized spacial score (nSPS) is 10.8. The second kappa shape index (κ2) is 7.49. The maximum atomic E-state index is 3.78. The highest BCUT2D eigenvalue weighted by Gasteiger charge is 1.97. The molecule has 0 heterocycles. The fourth-order valence-corrected chi connectivity index (χ4v) is 2.14. The molecule has 0 atom stereocenters. The van der Waals surface area contributed by atoms with E-state index in [0.717, 1.165) is 5.56 Å². The Morgan fingerprint density at radius 2 is 1.40 bits per heavy atom. The van der Waals surface area contributed by atoms with E-state index in [-0.39, 0.29) is 0 Å². The Labute approximate surface area is 122 Å². The van der Waals surface area contributed by atoms with E-state index in [4.69, 9.17) is 0 Å². The van der Waals surface area contributed by atoms with Crippen LogP contribution in [0.4, 0.5) is 0 Å². The minimum Gasteiger partial charge on any atom is -0.0985 e. The quantitative estimate of drug-likeness (QED) is 0.544. The highest BCUT2D eigenvalue weighted by molar-refractivity contribution is 5.67. The Morgan fingerprint density at radius 3 is 1.90 bits per heavy atom. The van der Waals surface area contributed by atoms with Gasteiger partial charge in [-0.2, -0.15) is 0 Å². The monoisotopic (exact) mass is 262 g/mol. The number of rotatable bonds is 6. The van der Waals surface area contributed by atoms with Crippen molar-refractivity contribution in [3.63, 3.8) is 0 Å². The lowest BCUT2D eigenvalue weighted by atomic mass is 10.0. The summed E-state index contributed by atoms with van der Waals surface area (Å²) in [4.78, 5) is 0. The van der Waals surface area contributed by atoms with Gasteiger partial charge in [0.15, 0.2) is 0 Å². The molecule has 0 aliphatic heterocycles. The molecule has 20 heavy (non-hydrogen) atoms. The topological polar surface area (TPSA) is 0 Å². The first kappa shape index (κ1) is 14.3. The number of unbranched alkanes of at least 4 members (excludes halogenated alkanes) is 2. The first-order valence-corrected chi connectivity index (χ1v) is 7.33. The highest BCUT2D eigenvalue weighted by Crippen LogP contribution is 2.21. The second-order valence-corrected chi connectivity index (χ2v) is 4.99. The second-order valence-electron chi connectivity index (χ2n) is 4.99. The summed E-state index contributed by atoms with van der Waals surface area (Å²) in [6, 6.07) is 17.2. The van der Waals surface area contributed by atoms with Crippen molar-refractivity contribution in [3.05, 3.63) is 72.3 Å². The number of allylic oxidation sites excluding steroid dienone is 1. The summed E-state index contributed by atoms with van der Waals surface area (Å²) >= 11 is 0. The first-order valence-electron chi connectivity index (χ1n) is 7.33. The van der Waals surface area contributed by atoms with Crippen LogP contribution in [0.25, 0.3) is 23.3 Å². The molecule has 0 heteroatoms. The molecular weight excluding hydrogens is 240 g/mol. The maximum Gasteiger partial charge on any atom is -0.0184 e. The van der Waals surface area contributed by atoms with Crippen LogP contribution in [-0.2, 0) is 0 Å². The Balaban J connectivity index is 2.06. The molecule has 0 saturated heterocycles. The van der Waals surface area contributed by atoms with Crippen LogP contribution in [0.1, 0.15) is 37.3 Å². The van der Waals surface area contributed by atoms with Gasteiger partial charge in [0.05, 0.1) is 0 Å². The van der Waals surface area contributed by atoms with E-state index >= 15 is 0 Å². The third kappa shape index (κ3) is 3.96. The molecule has 0 N–H and O–H groups in total. The number of benzene rings is 2. The zero-order valence-corrected chi connectivity index (χ0v) is 12.2. The minimum atomic E-state index is 1.16. The van der Waals surface area contributed by atoms with Crippen molar-refractivity contribution in [1.29, 1.82) is 0 Å². The Hall–Kier alpha value is -2.08. The predicted molar refractivity (Wildman–Crippen MR) is 90.5 cm³/mol. The smallest absolute Gasteiger partial charge is 0.0184 e. The molecule has 0 bridgehead atoms. The number of hydrogen-bond donors (Lipinski definition) is 0. The Kier molecular flexibility index (Phi) is 5.37. The maximum absolute atomic E-state index is 3.78. The molecule has 0 unspecified atom stereocenters. The highest BCUT2D eigenvalue weighted by atomic mass is 14.0. The molecule has 2 rings (SSSR count). The van der Waals surface area contributed by atoms with Crippen LogP contribution in [-0.4, -0.2) is 0 Å². The molecule has 0 spiro atoms. The molecule has 0 saturated carbocycles. The van der Waals surface area contributed by atoms with Crippen LogP contribution in [0, 0.1) is 0 Å². The van der Waals surface area contributed by atoms with Crippen LogP contribution >= 0.6 is 0 Å². The lowest BCUT2D eigenvalue weighted by molar-refractivity contribution is 0.816. The molecule has 0 nitrogen and oxygen atoms in total. The van der Waals surface area contributed by atoms with Gasteiger partial charge in [-0.15, -0.1) is 0 Å². The van der Waals surface area contributed by atoms with Gasteiger partial charge in [0.1, 0.15) is 0 Å². The van der Waals surface area contributed by atoms with Crippen molar-refractivity contribution in [2.24, 2.45) is 0 Å². The van der Waals surface area contributed by atoms with Crippen molar-refractivity contribution in [2.45, 2.75) is 26.2 Å². The molecule has 2 aromatic carbocycles. The zero-order valence-electron chi connectivity index (χ0n) is 12.2. The third-order valence-corrected chi connectivity index (χ3v) is 3.43. The van der Waals surface area contributed by atoms with E-state index in [1.807, 2.05) is 6.08 Å². The van der Waals surface area contributed by atoms with Gasteiger partial charge in [-0.05, 0) is 28.7 Å². The van der Waals surface area contributed by atoms with Crippen molar-refractivity contribution in [1.82, 2.24) is 0 Å². The molecule has 102 valence electrons. The van der Waals surface area contributed by atoms with Gasteiger partial charge in [0, 0.05) is 0 Å². The predicted octanol–water partition coefficient (Wildman–Crippen LogP) is 6.20. The van der Waals surface area contributed by atoms with Gasteiger partial charge in [0.2, 0.25) is 0 Å². The van der Waals surface area contributed by atoms with Gasteiger partial charge in [-0.1, -0.05) is 93.1 Å². The van der Waals surface area contributed by atoms with Gasteiger partial charge in [0.25, 0.3) is 0 Å². The lowest BCUT2D eigenvalue weighted by Crippen LogP contribution is -1.79.